The normalized spacial score (nSPS) is 22.4. The number of nitrogens with zero attached hydrogens (tertiary/aromatic N) is 3. The van der Waals surface area contributed by atoms with E-state index in [0.717, 1.165) is 24.3 Å². The standard InChI is InChI=1S/C17H26N4O2S/c1-11(2)8-14-19-20-17(24-14)18-16(23)12-9-15(22)21(10-12)13-6-4-3-5-7-13/h11-13H,3-10H2,1-2H3,(H,18,20,23). The third kappa shape index (κ3) is 4.12. The monoisotopic (exact) mass is 350 g/mol. The minimum Gasteiger partial charge on any atom is -0.339 e. The minimum absolute atomic E-state index is 0.103. The molecule has 1 saturated carbocycles. The second-order valence-corrected chi connectivity index (χ2v) is 8.39. The van der Waals surface area contributed by atoms with Crippen LogP contribution in [0.15, 0.2) is 0 Å². The van der Waals surface area contributed by atoms with Crippen molar-refractivity contribution < 1.29 is 9.59 Å². The summed E-state index contributed by atoms with van der Waals surface area (Å²) in [6, 6.07) is 0.336. The highest BCUT2D eigenvalue weighted by molar-refractivity contribution is 7.15. The summed E-state index contributed by atoms with van der Waals surface area (Å²) < 4.78 is 0. The molecule has 132 valence electrons. The lowest BCUT2D eigenvalue weighted by Crippen LogP contribution is -2.38. The van der Waals surface area contributed by atoms with Crippen molar-refractivity contribution in [2.75, 3.05) is 11.9 Å². The van der Waals surface area contributed by atoms with E-state index in [1.54, 1.807) is 0 Å². The molecule has 2 fully saturated rings. The van der Waals surface area contributed by atoms with Crippen LogP contribution >= 0.6 is 11.3 Å². The first-order valence-corrected chi connectivity index (χ1v) is 9.77. The number of amides is 2. The predicted molar refractivity (Wildman–Crippen MR) is 93.8 cm³/mol. The van der Waals surface area contributed by atoms with Crippen LogP contribution in [0, 0.1) is 11.8 Å². The van der Waals surface area contributed by atoms with Gasteiger partial charge >= 0.3 is 0 Å². The summed E-state index contributed by atoms with van der Waals surface area (Å²) >= 11 is 1.43. The predicted octanol–water partition coefficient (Wildman–Crippen LogP) is 2.86. The molecule has 24 heavy (non-hydrogen) atoms. The minimum atomic E-state index is -0.267. The van der Waals surface area contributed by atoms with Crippen molar-refractivity contribution in [1.29, 1.82) is 0 Å². The van der Waals surface area contributed by atoms with Crippen molar-refractivity contribution in [2.24, 2.45) is 11.8 Å². The molecule has 7 heteroatoms. The van der Waals surface area contributed by atoms with Crippen LogP contribution in [-0.4, -0.2) is 39.5 Å². The van der Waals surface area contributed by atoms with Crippen molar-refractivity contribution >= 4 is 28.3 Å². The largest absolute Gasteiger partial charge is 0.339 e. The van der Waals surface area contributed by atoms with Gasteiger partial charge in [0.05, 0.1) is 5.92 Å². The molecule has 0 radical (unpaired) electrons. The SMILES string of the molecule is CC(C)Cc1nnc(NC(=O)C2CC(=O)N(C3CCCCC3)C2)s1. The lowest BCUT2D eigenvalue weighted by Gasteiger charge is -2.31. The van der Waals surface area contributed by atoms with Crippen LogP contribution in [0.25, 0.3) is 0 Å². The van der Waals surface area contributed by atoms with Gasteiger partial charge in [-0.3, -0.25) is 9.59 Å². The Balaban J connectivity index is 1.55. The Morgan fingerprint density at radius 2 is 2.04 bits per heavy atom. The number of anilines is 1. The zero-order valence-corrected chi connectivity index (χ0v) is 15.3. The Labute approximate surface area is 147 Å². The van der Waals surface area contributed by atoms with Crippen LogP contribution in [-0.2, 0) is 16.0 Å². The van der Waals surface area contributed by atoms with Gasteiger partial charge in [-0.05, 0) is 18.8 Å². The number of hydrogen-bond acceptors (Lipinski definition) is 5. The molecule has 1 atom stereocenters. The van der Waals surface area contributed by atoms with Gasteiger partial charge < -0.3 is 10.2 Å². The molecule has 2 aliphatic rings. The van der Waals surface area contributed by atoms with E-state index in [4.69, 9.17) is 0 Å². The molecule has 0 bridgehead atoms. The molecule has 2 heterocycles. The first-order chi connectivity index (χ1) is 11.5. The van der Waals surface area contributed by atoms with Crippen LogP contribution in [0.1, 0.15) is 57.4 Å². The van der Waals surface area contributed by atoms with E-state index in [0.29, 0.717) is 30.1 Å². The summed E-state index contributed by atoms with van der Waals surface area (Å²) in [5, 5.41) is 12.5. The highest BCUT2D eigenvalue weighted by atomic mass is 32.1. The Kier molecular flexibility index (Phi) is 5.48. The topological polar surface area (TPSA) is 75.2 Å². The second kappa shape index (κ2) is 7.59. The zero-order valence-electron chi connectivity index (χ0n) is 14.5. The van der Waals surface area contributed by atoms with E-state index in [9.17, 15) is 9.59 Å². The average molecular weight is 350 g/mol. The van der Waals surface area contributed by atoms with Gasteiger partial charge in [-0.2, -0.15) is 0 Å². The molecule has 0 aromatic carbocycles. The van der Waals surface area contributed by atoms with E-state index < -0.39 is 0 Å². The molecule has 1 aliphatic heterocycles. The van der Waals surface area contributed by atoms with E-state index in [1.165, 1.54) is 30.6 Å². The van der Waals surface area contributed by atoms with Gasteiger partial charge in [-0.15, -0.1) is 10.2 Å². The zero-order chi connectivity index (χ0) is 17.1. The summed E-state index contributed by atoms with van der Waals surface area (Å²) in [5.74, 6) is 0.267. The summed E-state index contributed by atoms with van der Waals surface area (Å²) in [5.41, 5.74) is 0. The Morgan fingerprint density at radius 3 is 2.75 bits per heavy atom. The van der Waals surface area contributed by atoms with Gasteiger partial charge in [0, 0.05) is 25.4 Å². The molecule has 3 rings (SSSR count). The van der Waals surface area contributed by atoms with E-state index >= 15 is 0 Å². The average Bonchev–Trinajstić information content (AvgIpc) is 3.14. The summed E-state index contributed by atoms with van der Waals surface area (Å²) in [6.45, 7) is 4.81. The fourth-order valence-corrected chi connectivity index (χ4v) is 4.55. The maximum absolute atomic E-state index is 12.5. The van der Waals surface area contributed by atoms with Crippen LogP contribution in [0.5, 0.6) is 0 Å². The van der Waals surface area contributed by atoms with Crippen molar-refractivity contribution in [1.82, 2.24) is 15.1 Å². The fraction of sp³-hybridized carbons (Fsp3) is 0.765. The second-order valence-electron chi connectivity index (χ2n) is 7.33. The number of rotatable bonds is 5. The van der Waals surface area contributed by atoms with Crippen LogP contribution in [0.2, 0.25) is 0 Å². The number of hydrogen-bond donors (Lipinski definition) is 1. The van der Waals surface area contributed by atoms with Crippen LogP contribution in [0.3, 0.4) is 0 Å². The van der Waals surface area contributed by atoms with Gasteiger partial charge in [0.2, 0.25) is 16.9 Å². The van der Waals surface area contributed by atoms with Gasteiger partial charge in [0.15, 0.2) is 0 Å². The Hall–Kier alpha value is -1.50. The van der Waals surface area contributed by atoms with Gasteiger partial charge in [-0.1, -0.05) is 44.4 Å². The number of carbonyl (C=O) groups excluding carboxylic acids is 2. The summed E-state index contributed by atoms with van der Waals surface area (Å²) in [4.78, 5) is 26.7. The van der Waals surface area contributed by atoms with Crippen LogP contribution < -0.4 is 5.32 Å². The molecule has 1 aliphatic carbocycles. The van der Waals surface area contributed by atoms with E-state index in [2.05, 4.69) is 29.4 Å². The molecule has 1 aromatic heterocycles. The summed E-state index contributed by atoms with van der Waals surface area (Å²) in [7, 11) is 0. The summed E-state index contributed by atoms with van der Waals surface area (Å²) in [6.07, 6.45) is 6.98. The fourth-order valence-electron chi connectivity index (χ4n) is 3.60. The number of nitrogens with one attached hydrogen (secondary N) is 1. The third-order valence-electron chi connectivity index (χ3n) is 4.82. The van der Waals surface area contributed by atoms with Gasteiger partial charge in [0.25, 0.3) is 0 Å². The highest BCUT2D eigenvalue weighted by Crippen LogP contribution is 2.29. The lowest BCUT2D eigenvalue weighted by atomic mass is 9.94. The third-order valence-corrected chi connectivity index (χ3v) is 5.69. The highest BCUT2D eigenvalue weighted by Gasteiger charge is 2.38. The molecule has 6 nitrogen and oxygen atoms in total. The van der Waals surface area contributed by atoms with E-state index in [-0.39, 0.29) is 17.7 Å². The first kappa shape index (κ1) is 17.3. The van der Waals surface area contributed by atoms with Crippen molar-refractivity contribution in [3.63, 3.8) is 0 Å². The lowest BCUT2D eigenvalue weighted by molar-refractivity contribution is -0.130. The molecule has 1 aromatic rings. The van der Waals surface area contributed by atoms with Crippen molar-refractivity contribution in [2.45, 2.75) is 64.8 Å². The molecular weight excluding hydrogens is 324 g/mol. The smallest absolute Gasteiger partial charge is 0.231 e. The maximum atomic E-state index is 12.5. The Morgan fingerprint density at radius 1 is 1.29 bits per heavy atom. The molecule has 0 spiro atoms. The van der Waals surface area contributed by atoms with Gasteiger partial charge in [-0.25, -0.2) is 0 Å². The Bertz CT molecular complexity index is 595. The molecule has 1 N–H and O–H groups in total. The maximum Gasteiger partial charge on any atom is 0.231 e. The first-order valence-electron chi connectivity index (χ1n) is 8.95. The number of aromatic nitrogens is 2. The number of carbonyl (C=O) groups is 2. The van der Waals surface area contributed by atoms with Crippen molar-refractivity contribution in [3.8, 4) is 0 Å². The van der Waals surface area contributed by atoms with Crippen molar-refractivity contribution in [3.05, 3.63) is 5.01 Å². The molecule has 1 saturated heterocycles. The molecule has 2 amide bonds. The van der Waals surface area contributed by atoms with E-state index in [1.807, 2.05) is 4.90 Å². The quantitative estimate of drug-likeness (QED) is 0.886. The number of likely N-dealkylation sites (tertiary alicyclic amines) is 1. The molecular formula is C17H26N4O2S. The van der Waals surface area contributed by atoms with Gasteiger partial charge in [0.1, 0.15) is 5.01 Å². The molecule has 1 unspecified atom stereocenters. The van der Waals surface area contributed by atoms with Crippen LogP contribution in [0.4, 0.5) is 5.13 Å².